The molecule has 4 nitrogen and oxygen atoms in total. The van der Waals surface area contributed by atoms with E-state index >= 15 is 0 Å². The first kappa shape index (κ1) is 13.3. The Kier molecular flexibility index (Phi) is 3.30. The van der Waals surface area contributed by atoms with Gasteiger partial charge in [0.25, 0.3) is 0 Å². The molecule has 0 aromatic heterocycles. The van der Waals surface area contributed by atoms with Crippen LogP contribution in [0.1, 0.15) is 40.0 Å². The zero-order valence-corrected chi connectivity index (χ0v) is 12.1. The average molecular weight is 260 g/mol. The van der Waals surface area contributed by atoms with Crippen LogP contribution >= 0.6 is 0 Å². The Labute approximate surface area is 105 Å². The number of hydrogen-bond acceptors (Lipinski definition) is 3. The molecule has 5 heteroatoms. The molecule has 0 aromatic carbocycles. The lowest BCUT2D eigenvalue weighted by Gasteiger charge is -2.43. The molecule has 2 aliphatic heterocycles. The van der Waals surface area contributed by atoms with Crippen molar-refractivity contribution in [2.75, 3.05) is 19.3 Å². The van der Waals surface area contributed by atoms with E-state index in [1.54, 1.807) is 4.31 Å². The number of nitrogens with zero attached hydrogens (tertiary/aromatic N) is 2. The topological polar surface area (TPSA) is 40.6 Å². The summed E-state index contributed by atoms with van der Waals surface area (Å²) in [5, 5.41) is 0. The largest absolute Gasteiger partial charge is 0.292 e. The predicted molar refractivity (Wildman–Crippen MR) is 69.4 cm³/mol. The second-order valence-corrected chi connectivity index (χ2v) is 8.03. The predicted octanol–water partition coefficient (Wildman–Crippen LogP) is 1.28. The smallest absolute Gasteiger partial charge is 0.211 e. The Morgan fingerprint density at radius 3 is 2.29 bits per heavy atom. The average Bonchev–Trinajstić information content (AvgIpc) is 2.74. The van der Waals surface area contributed by atoms with Gasteiger partial charge in [0.05, 0.1) is 6.26 Å². The molecule has 2 aliphatic rings. The molecule has 2 atom stereocenters. The fourth-order valence-electron chi connectivity index (χ4n) is 3.53. The Hall–Kier alpha value is -0.130. The standard InChI is InChI=1S/C12H24N2O2S/c1-5-6-12(2,3)13-8-11-7-10(13)9-14(11)17(4,15)16/h10-11H,5-9H2,1-4H3/t10-,11-/m0/s1. The fourth-order valence-corrected chi connectivity index (χ4v) is 4.67. The van der Waals surface area contributed by atoms with Gasteiger partial charge in [-0.1, -0.05) is 13.3 Å². The first-order chi connectivity index (χ1) is 7.75. The zero-order chi connectivity index (χ0) is 12.8. The highest BCUT2D eigenvalue weighted by Crippen LogP contribution is 2.38. The molecule has 2 fully saturated rings. The highest BCUT2D eigenvalue weighted by Gasteiger charge is 2.50. The molecular formula is C12H24N2O2S. The van der Waals surface area contributed by atoms with Gasteiger partial charge < -0.3 is 0 Å². The van der Waals surface area contributed by atoms with Gasteiger partial charge in [-0.2, -0.15) is 4.31 Å². The molecule has 0 aromatic rings. The lowest BCUT2D eigenvalue weighted by Crippen LogP contribution is -2.55. The van der Waals surface area contributed by atoms with E-state index in [1.807, 2.05) is 0 Å². The van der Waals surface area contributed by atoms with Crippen LogP contribution in [-0.4, -0.2) is 54.6 Å². The Morgan fingerprint density at radius 2 is 1.88 bits per heavy atom. The molecule has 0 amide bonds. The molecule has 0 unspecified atom stereocenters. The maximum absolute atomic E-state index is 11.6. The third kappa shape index (κ3) is 2.37. The SMILES string of the molecule is CCCC(C)(C)N1C[C@@H]2C[C@H]1CN2S(C)(=O)=O. The first-order valence-corrected chi connectivity index (χ1v) is 8.34. The first-order valence-electron chi connectivity index (χ1n) is 6.49. The summed E-state index contributed by atoms with van der Waals surface area (Å²) in [6.07, 6.45) is 4.70. The van der Waals surface area contributed by atoms with E-state index in [1.165, 1.54) is 19.1 Å². The van der Waals surface area contributed by atoms with E-state index in [-0.39, 0.29) is 11.6 Å². The van der Waals surface area contributed by atoms with Crippen LogP contribution in [0.4, 0.5) is 0 Å². The van der Waals surface area contributed by atoms with Gasteiger partial charge in [-0.3, -0.25) is 4.90 Å². The third-order valence-corrected chi connectivity index (χ3v) is 5.55. The van der Waals surface area contributed by atoms with Crippen molar-refractivity contribution < 1.29 is 8.42 Å². The Balaban J connectivity index is 2.08. The van der Waals surface area contributed by atoms with Crippen LogP contribution in [0.15, 0.2) is 0 Å². The third-order valence-electron chi connectivity index (χ3n) is 4.26. The minimum Gasteiger partial charge on any atom is -0.292 e. The summed E-state index contributed by atoms with van der Waals surface area (Å²) in [4.78, 5) is 2.52. The highest BCUT2D eigenvalue weighted by molar-refractivity contribution is 7.88. The van der Waals surface area contributed by atoms with Crippen molar-refractivity contribution >= 4 is 10.0 Å². The normalized spacial score (nSPS) is 31.3. The zero-order valence-electron chi connectivity index (χ0n) is 11.3. The second kappa shape index (κ2) is 4.21. The van der Waals surface area contributed by atoms with Crippen molar-refractivity contribution in [3.05, 3.63) is 0 Å². The number of likely N-dealkylation sites (tertiary alicyclic amines) is 1. The summed E-state index contributed by atoms with van der Waals surface area (Å²) >= 11 is 0. The van der Waals surface area contributed by atoms with Crippen molar-refractivity contribution in [2.24, 2.45) is 0 Å². The minimum absolute atomic E-state index is 0.206. The van der Waals surface area contributed by atoms with Crippen LogP contribution < -0.4 is 0 Å². The monoisotopic (exact) mass is 260 g/mol. The minimum atomic E-state index is -3.01. The van der Waals surface area contributed by atoms with Gasteiger partial charge in [-0.25, -0.2) is 8.42 Å². The van der Waals surface area contributed by atoms with E-state index in [9.17, 15) is 8.42 Å². The van der Waals surface area contributed by atoms with Crippen LogP contribution in [0.3, 0.4) is 0 Å². The molecule has 0 aliphatic carbocycles. The molecule has 2 saturated heterocycles. The number of fused-ring (bicyclic) bond motifs is 2. The van der Waals surface area contributed by atoms with E-state index in [2.05, 4.69) is 25.7 Å². The van der Waals surface area contributed by atoms with E-state index in [0.29, 0.717) is 12.6 Å². The fraction of sp³-hybridized carbons (Fsp3) is 1.00. The van der Waals surface area contributed by atoms with Gasteiger partial charge in [0, 0.05) is 30.7 Å². The number of sulfonamides is 1. The van der Waals surface area contributed by atoms with Gasteiger partial charge in [0.2, 0.25) is 10.0 Å². The van der Waals surface area contributed by atoms with Gasteiger partial charge in [-0.05, 0) is 26.7 Å². The van der Waals surface area contributed by atoms with Gasteiger partial charge in [0.1, 0.15) is 0 Å². The molecule has 100 valence electrons. The summed E-state index contributed by atoms with van der Waals surface area (Å²) in [6, 6.07) is 0.641. The van der Waals surface area contributed by atoms with Crippen molar-refractivity contribution in [3.8, 4) is 0 Å². The quantitative estimate of drug-likeness (QED) is 0.764. The summed E-state index contributed by atoms with van der Waals surface area (Å²) < 4.78 is 24.9. The molecule has 0 saturated carbocycles. The molecule has 0 spiro atoms. The maximum Gasteiger partial charge on any atom is 0.211 e. The van der Waals surface area contributed by atoms with Crippen molar-refractivity contribution in [1.82, 2.24) is 9.21 Å². The van der Waals surface area contributed by atoms with Gasteiger partial charge in [0.15, 0.2) is 0 Å². The van der Waals surface area contributed by atoms with Gasteiger partial charge >= 0.3 is 0 Å². The molecule has 0 radical (unpaired) electrons. The molecule has 2 rings (SSSR count). The summed E-state index contributed by atoms with van der Waals surface area (Å²) in [7, 11) is -3.01. The highest BCUT2D eigenvalue weighted by atomic mass is 32.2. The molecule has 17 heavy (non-hydrogen) atoms. The lowest BCUT2D eigenvalue weighted by molar-refractivity contribution is 0.0642. The number of piperazine rings is 1. The number of rotatable bonds is 4. The van der Waals surface area contributed by atoms with Crippen LogP contribution in [-0.2, 0) is 10.0 Å². The van der Waals surface area contributed by atoms with Crippen molar-refractivity contribution in [2.45, 2.75) is 57.7 Å². The lowest BCUT2D eigenvalue weighted by atomic mass is 9.95. The van der Waals surface area contributed by atoms with E-state index < -0.39 is 10.0 Å². The maximum atomic E-state index is 11.6. The van der Waals surface area contributed by atoms with Crippen LogP contribution in [0, 0.1) is 0 Å². The summed E-state index contributed by atoms with van der Waals surface area (Å²) in [5.74, 6) is 0. The molecule has 0 N–H and O–H groups in total. The van der Waals surface area contributed by atoms with Gasteiger partial charge in [-0.15, -0.1) is 0 Å². The number of hydrogen-bond donors (Lipinski definition) is 0. The Morgan fingerprint density at radius 1 is 1.24 bits per heavy atom. The Bertz CT molecular complexity index is 391. The molecular weight excluding hydrogens is 236 g/mol. The summed E-state index contributed by atoms with van der Waals surface area (Å²) in [5.41, 5.74) is 0.206. The second-order valence-electron chi connectivity index (χ2n) is 6.09. The summed E-state index contributed by atoms with van der Waals surface area (Å²) in [6.45, 7) is 8.37. The van der Waals surface area contributed by atoms with E-state index in [0.717, 1.165) is 13.0 Å². The van der Waals surface area contributed by atoms with Crippen LogP contribution in [0.5, 0.6) is 0 Å². The van der Waals surface area contributed by atoms with Crippen molar-refractivity contribution in [3.63, 3.8) is 0 Å². The molecule has 2 heterocycles. The van der Waals surface area contributed by atoms with Crippen LogP contribution in [0.2, 0.25) is 0 Å². The van der Waals surface area contributed by atoms with Crippen molar-refractivity contribution in [1.29, 1.82) is 0 Å². The van der Waals surface area contributed by atoms with E-state index in [4.69, 9.17) is 0 Å². The molecule has 2 bridgehead atoms. The van der Waals surface area contributed by atoms with Crippen LogP contribution in [0.25, 0.3) is 0 Å².